The van der Waals surface area contributed by atoms with E-state index in [9.17, 15) is 4.79 Å². The third kappa shape index (κ3) is 6.61. The summed E-state index contributed by atoms with van der Waals surface area (Å²) >= 11 is 0. The average Bonchev–Trinajstić information content (AvgIpc) is 2.77. The van der Waals surface area contributed by atoms with E-state index in [1.54, 1.807) is 0 Å². The van der Waals surface area contributed by atoms with Crippen molar-refractivity contribution in [2.75, 3.05) is 5.32 Å². The summed E-state index contributed by atoms with van der Waals surface area (Å²) in [6, 6.07) is 21.9. The normalized spacial score (nSPS) is 10.7. The van der Waals surface area contributed by atoms with Gasteiger partial charge in [-0.05, 0) is 60.4 Å². The molecule has 4 heteroatoms. The molecule has 0 saturated heterocycles. The number of aryl methyl sites for hydroxylation is 2. The van der Waals surface area contributed by atoms with E-state index in [1.165, 1.54) is 6.92 Å². The lowest BCUT2D eigenvalue weighted by molar-refractivity contribution is -0.131. The number of para-hydroxylation sites is 1. The Labute approximate surface area is 190 Å². The number of esters is 1. The number of carbonyl (C=O) groups excluding carboxylic acids is 1. The Bertz CT molecular complexity index is 1130. The van der Waals surface area contributed by atoms with Gasteiger partial charge >= 0.3 is 5.97 Å². The van der Waals surface area contributed by atoms with E-state index >= 15 is 0 Å². The molecule has 0 saturated carbocycles. The molecule has 0 aliphatic rings. The Morgan fingerprint density at radius 3 is 2.59 bits per heavy atom. The third-order valence-corrected chi connectivity index (χ3v) is 4.90. The molecule has 32 heavy (non-hydrogen) atoms. The van der Waals surface area contributed by atoms with Crippen molar-refractivity contribution < 1.29 is 14.3 Å². The lowest BCUT2D eigenvalue weighted by atomic mass is 10.1. The Balaban J connectivity index is 1.67. The first-order chi connectivity index (χ1) is 15.4. The highest BCUT2D eigenvalue weighted by molar-refractivity contribution is 5.70. The first-order valence-electron chi connectivity index (χ1n) is 10.7. The van der Waals surface area contributed by atoms with Crippen LogP contribution in [0.25, 0.3) is 6.08 Å². The number of hydrogen-bond donors (Lipinski definition) is 1. The number of carbonyl (C=O) groups is 1. The molecule has 0 aliphatic carbocycles. The molecule has 0 heterocycles. The van der Waals surface area contributed by atoms with Crippen LogP contribution in [0.1, 0.15) is 36.1 Å². The molecule has 0 bridgehead atoms. The molecule has 3 rings (SSSR count). The van der Waals surface area contributed by atoms with E-state index in [4.69, 9.17) is 9.47 Å². The van der Waals surface area contributed by atoms with Gasteiger partial charge < -0.3 is 14.8 Å². The van der Waals surface area contributed by atoms with E-state index in [0.717, 1.165) is 45.8 Å². The molecule has 0 atom stereocenters. The second-order valence-electron chi connectivity index (χ2n) is 7.56. The van der Waals surface area contributed by atoms with Gasteiger partial charge in [-0.25, -0.2) is 0 Å². The minimum atomic E-state index is -0.323. The summed E-state index contributed by atoms with van der Waals surface area (Å²) in [5.74, 6) is 1.12. The highest BCUT2D eigenvalue weighted by Gasteiger charge is 2.06. The monoisotopic (exact) mass is 427 g/mol. The molecule has 1 N–H and O–H groups in total. The number of nitrogens with one attached hydrogen (secondary N) is 1. The predicted octanol–water partition coefficient (Wildman–Crippen LogP) is 6.70. The topological polar surface area (TPSA) is 47.6 Å². The maximum absolute atomic E-state index is 11.4. The van der Waals surface area contributed by atoms with Crippen molar-refractivity contribution in [1.29, 1.82) is 0 Å². The van der Waals surface area contributed by atoms with Gasteiger partial charge in [-0.15, -0.1) is 0 Å². The number of ether oxygens (including phenoxy) is 2. The van der Waals surface area contributed by atoms with Crippen LogP contribution in [-0.2, 0) is 17.8 Å². The van der Waals surface area contributed by atoms with E-state index in [2.05, 4.69) is 11.9 Å². The van der Waals surface area contributed by atoms with Crippen LogP contribution in [0.3, 0.4) is 0 Å². The summed E-state index contributed by atoms with van der Waals surface area (Å²) in [6.07, 6.45) is 4.63. The highest BCUT2D eigenvalue weighted by atomic mass is 16.5. The number of allylic oxidation sites excluding steroid dienone is 1. The summed E-state index contributed by atoms with van der Waals surface area (Å²) in [7, 11) is 0. The first-order valence-corrected chi connectivity index (χ1v) is 10.7. The van der Waals surface area contributed by atoms with Crippen molar-refractivity contribution in [2.45, 2.75) is 33.8 Å². The summed E-state index contributed by atoms with van der Waals surface area (Å²) in [5.41, 5.74) is 5.80. The van der Waals surface area contributed by atoms with Gasteiger partial charge in [0.15, 0.2) is 0 Å². The van der Waals surface area contributed by atoms with Crippen molar-refractivity contribution in [3.63, 3.8) is 0 Å². The fourth-order valence-corrected chi connectivity index (χ4v) is 3.26. The first kappa shape index (κ1) is 22.9. The largest absolute Gasteiger partial charge is 0.489 e. The zero-order valence-electron chi connectivity index (χ0n) is 18.9. The van der Waals surface area contributed by atoms with E-state index in [-0.39, 0.29) is 5.97 Å². The van der Waals surface area contributed by atoms with Crippen molar-refractivity contribution >= 4 is 17.7 Å². The number of anilines is 1. The van der Waals surface area contributed by atoms with Gasteiger partial charge in [0.2, 0.25) is 0 Å². The van der Waals surface area contributed by atoms with Crippen LogP contribution in [0.2, 0.25) is 0 Å². The Morgan fingerprint density at radius 2 is 1.84 bits per heavy atom. The molecular weight excluding hydrogens is 398 g/mol. The number of benzene rings is 3. The SMILES string of the molecule is C=C(/C=C/c1ccc(CC)c(OC(C)=O)c1)Nc1ccccc1COc1cccc(C)c1. The minimum Gasteiger partial charge on any atom is -0.489 e. The fourth-order valence-electron chi connectivity index (χ4n) is 3.26. The Hall–Kier alpha value is -3.79. The second-order valence-corrected chi connectivity index (χ2v) is 7.56. The van der Waals surface area contributed by atoms with E-state index < -0.39 is 0 Å². The van der Waals surface area contributed by atoms with Crippen LogP contribution in [0.15, 0.2) is 85.1 Å². The van der Waals surface area contributed by atoms with Crippen LogP contribution < -0.4 is 14.8 Å². The van der Waals surface area contributed by atoms with Gasteiger partial charge in [0.25, 0.3) is 0 Å². The van der Waals surface area contributed by atoms with Crippen molar-refractivity contribution in [1.82, 2.24) is 0 Å². The molecule has 0 aliphatic heterocycles. The van der Waals surface area contributed by atoms with Crippen LogP contribution >= 0.6 is 0 Å². The van der Waals surface area contributed by atoms with Crippen molar-refractivity contribution in [3.8, 4) is 11.5 Å². The smallest absolute Gasteiger partial charge is 0.308 e. The molecule has 0 radical (unpaired) electrons. The van der Waals surface area contributed by atoms with Crippen LogP contribution in [-0.4, -0.2) is 5.97 Å². The van der Waals surface area contributed by atoms with E-state index in [1.807, 2.05) is 92.7 Å². The molecule has 0 unspecified atom stereocenters. The molecule has 164 valence electrons. The van der Waals surface area contributed by atoms with Crippen molar-refractivity contribution in [2.24, 2.45) is 0 Å². The van der Waals surface area contributed by atoms with Crippen LogP contribution in [0.5, 0.6) is 11.5 Å². The minimum absolute atomic E-state index is 0.323. The summed E-state index contributed by atoms with van der Waals surface area (Å²) in [5, 5.41) is 3.35. The zero-order chi connectivity index (χ0) is 22.9. The molecule has 0 fully saturated rings. The number of rotatable bonds is 9. The maximum atomic E-state index is 11.4. The van der Waals surface area contributed by atoms with E-state index in [0.29, 0.717) is 12.4 Å². The summed E-state index contributed by atoms with van der Waals surface area (Å²) in [6.45, 7) is 10.1. The lowest BCUT2D eigenvalue weighted by Crippen LogP contribution is -2.04. The van der Waals surface area contributed by atoms with Gasteiger partial charge in [0.05, 0.1) is 0 Å². The molecule has 3 aromatic carbocycles. The molecule has 3 aromatic rings. The lowest BCUT2D eigenvalue weighted by Gasteiger charge is -2.13. The summed E-state index contributed by atoms with van der Waals surface area (Å²) in [4.78, 5) is 11.4. The van der Waals surface area contributed by atoms with Gasteiger partial charge in [-0.1, -0.05) is 62.0 Å². The molecule has 0 aromatic heterocycles. The molecule has 0 spiro atoms. The Kier molecular flexibility index (Phi) is 7.87. The predicted molar refractivity (Wildman–Crippen MR) is 131 cm³/mol. The van der Waals surface area contributed by atoms with Gasteiger partial charge in [-0.2, -0.15) is 0 Å². The van der Waals surface area contributed by atoms with Crippen molar-refractivity contribution in [3.05, 3.63) is 107 Å². The highest BCUT2D eigenvalue weighted by Crippen LogP contribution is 2.24. The molecule has 0 amide bonds. The van der Waals surface area contributed by atoms with Gasteiger partial charge in [0.1, 0.15) is 18.1 Å². The van der Waals surface area contributed by atoms with Gasteiger partial charge in [0, 0.05) is 23.9 Å². The van der Waals surface area contributed by atoms with Crippen LogP contribution in [0.4, 0.5) is 5.69 Å². The fraction of sp³-hybridized carbons (Fsp3) is 0.179. The Morgan fingerprint density at radius 1 is 1.03 bits per heavy atom. The second kappa shape index (κ2) is 11.0. The molecular formula is C28H29NO3. The maximum Gasteiger partial charge on any atom is 0.308 e. The van der Waals surface area contributed by atoms with Gasteiger partial charge in [-0.3, -0.25) is 4.79 Å². The quantitative estimate of drug-likeness (QED) is 0.234. The standard InChI is InChI=1S/C28H29NO3/c1-5-24-16-15-23(18-28(24)32-22(4)30)14-13-21(3)29-27-12-7-6-10-25(27)19-31-26-11-8-9-20(2)17-26/h6-18,29H,3,5,19H2,1-2,4H3/b14-13+. The number of hydrogen-bond acceptors (Lipinski definition) is 4. The van der Waals surface area contributed by atoms with Crippen LogP contribution in [0, 0.1) is 6.92 Å². The third-order valence-electron chi connectivity index (χ3n) is 4.90. The summed E-state index contributed by atoms with van der Waals surface area (Å²) < 4.78 is 11.3. The molecule has 4 nitrogen and oxygen atoms in total. The average molecular weight is 428 g/mol. The zero-order valence-corrected chi connectivity index (χ0v) is 18.9.